The number of aryl methyl sites for hydroxylation is 1. The minimum absolute atomic E-state index is 0.0993. The summed E-state index contributed by atoms with van der Waals surface area (Å²) in [6.07, 6.45) is 6.12. The Bertz CT molecular complexity index is 691. The molecule has 0 spiro atoms. The normalized spacial score (nSPS) is 13.2. The number of nitrogens with zero attached hydrogens (tertiary/aromatic N) is 1. The summed E-state index contributed by atoms with van der Waals surface area (Å²) in [5.74, 6) is 0.856. The van der Waals surface area contributed by atoms with E-state index >= 15 is 0 Å². The molecule has 3 rings (SSSR count). The molecular weight excluding hydrogens is 284 g/mol. The predicted octanol–water partition coefficient (Wildman–Crippen LogP) is 2.72. The van der Waals surface area contributed by atoms with Gasteiger partial charge >= 0.3 is 0 Å². The van der Waals surface area contributed by atoms with Crippen LogP contribution < -0.4 is 10.1 Å². The van der Waals surface area contributed by atoms with Crippen molar-refractivity contribution in [3.05, 3.63) is 51.5 Å². The number of amides is 1. The van der Waals surface area contributed by atoms with Crippen LogP contribution in [0.4, 0.5) is 0 Å². The van der Waals surface area contributed by atoms with Crippen LogP contribution in [0.3, 0.4) is 0 Å². The first-order chi connectivity index (χ1) is 10.2. The van der Waals surface area contributed by atoms with Crippen molar-refractivity contribution >= 4 is 23.3 Å². The Balaban J connectivity index is 1.56. The average molecular weight is 300 g/mol. The van der Waals surface area contributed by atoms with Crippen LogP contribution >= 0.6 is 11.3 Å². The lowest BCUT2D eigenvalue weighted by Gasteiger charge is -2.00. The van der Waals surface area contributed by atoms with Gasteiger partial charge in [0.25, 0.3) is 0 Å². The summed E-state index contributed by atoms with van der Waals surface area (Å²) >= 11 is 1.59. The molecule has 0 atom stereocenters. The molecule has 0 saturated heterocycles. The standard InChI is InChI=1S/C16H16N2O2S/c1-11-17-9-14(21-11)10-18-16(19)5-3-12-2-4-15-13(8-12)6-7-20-15/h2-5,8-9H,6-7,10H2,1H3,(H,18,19). The number of nitrogens with one attached hydrogen (secondary N) is 1. The molecule has 21 heavy (non-hydrogen) atoms. The van der Waals surface area contributed by atoms with Crippen LogP contribution in [0.1, 0.15) is 21.0 Å². The maximum Gasteiger partial charge on any atom is 0.244 e. The van der Waals surface area contributed by atoms with Gasteiger partial charge in [0.15, 0.2) is 0 Å². The second kappa shape index (κ2) is 6.10. The summed E-state index contributed by atoms with van der Waals surface area (Å²) in [6.45, 7) is 3.22. The summed E-state index contributed by atoms with van der Waals surface area (Å²) in [5, 5.41) is 3.86. The van der Waals surface area contributed by atoms with Gasteiger partial charge in [0, 0.05) is 23.6 Å². The number of carbonyl (C=O) groups excluding carboxylic acids is 1. The SMILES string of the molecule is Cc1ncc(CNC(=O)C=Cc2ccc3c(c2)CCO3)s1. The number of carbonyl (C=O) groups is 1. The van der Waals surface area contributed by atoms with Crippen LogP contribution in [0.2, 0.25) is 0 Å². The number of aromatic nitrogens is 1. The maximum absolute atomic E-state index is 11.8. The summed E-state index contributed by atoms with van der Waals surface area (Å²) in [6, 6.07) is 5.99. The molecule has 0 radical (unpaired) electrons. The number of rotatable bonds is 4. The van der Waals surface area contributed by atoms with E-state index in [2.05, 4.69) is 16.4 Å². The molecule has 1 aromatic heterocycles. The van der Waals surface area contributed by atoms with Crippen LogP contribution in [-0.2, 0) is 17.8 Å². The van der Waals surface area contributed by atoms with Crippen LogP contribution in [0, 0.1) is 6.92 Å². The van der Waals surface area contributed by atoms with E-state index in [1.165, 1.54) is 5.56 Å². The predicted molar refractivity (Wildman–Crippen MR) is 83.4 cm³/mol. The van der Waals surface area contributed by atoms with E-state index in [-0.39, 0.29) is 5.91 Å². The van der Waals surface area contributed by atoms with E-state index in [4.69, 9.17) is 4.74 Å². The Kier molecular flexibility index (Phi) is 4.01. The lowest BCUT2D eigenvalue weighted by Crippen LogP contribution is -2.19. The molecule has 2 aromatic rings. The summed E-state index contributed by atoms with van der Waals surface area (Å²) < 4.78 is 5.46. The van der Waals surface area contributed by atoms with Crippen molar-refractivity contribution in [3.8, 4) is 5.75 Å². The molecular formula is C16H16N2O2S. The van der Waals surface area contributed by atoms with Gasteiger partial charge in [-0.1, -0.05) is 6.07 Å². The molecule has 1 N–H and O–H groups in total. The van der Waals surface area contributed by atoms with E-state index in [1.807, 2.05) is 25.1 Å². The number of fused-ring (bicyclic) bond motifs is 1. The molecule has 5 heteroatoms. The molecule has 1 aromatic carbocycles. The van der Waals surface area contributed by atoms with Gasteiger partial charge in [0.05, 0.1) is 18.2 Å². The van der Waals surface area contributed by atoms with E-state index in [1.54, 1.807) is 23.6 Å². The monoisotopic (exact) mass is 300 g/mol. The van der Waals surface area contributed by atoms with Gasteiger partial charge in [0.1, 0.15) is 5.75 Å². The Labute approximate surface area is 127 Å². The van der Waals surface area contributed by atoms with Crippen LogP contribution in [0.25, 0.3) is 6.08 Å². The zero-order valence-electron chi connectivity index (χ0n) is 11.8. The highest BCUT2D eigenvalue weighted by molar-refractivity contribution is 7.11. The molecule has 0 saturated carbocycles. The first-order valence-corrected chi connectivity index (χ1v) is 7.65. The third-order valence-corrected chi connectivity index (χ3v) is 4.16. The van der Waals surface area contributed by atoms with Gasteiger partial charge < -0.3 is 10.1 Å². The third-order valence-electron chi connectivity index (χ3n) is 3.25. The fraction of sp³-hybridized carbons (Fsp3) is 0.250. The topological polar surface area (TPSA) is 51.2 Å². The highest BCUT2D eigenvalue weighted by atomic mass is 32.1. The van der Waals surface area contributed by atoms with Gasteiger partial charge in [0.2, 0.25) is 5.91 Å². The van der Waals surface area contributed by atoms with Crippen molar-refractivity contribution in [3.63, 3.8) is 0 Å². The number of hydrogen-bond donors (Lipinski definition) is 1. The van der Waals surface area contributed by atoms with Gasteiger partial charge in [-0.15, -0.1) is 11.3 Å². The second-order valence-corrected chi connectivity index (χ2v) is 6.18. The largest absolute Gasteiger partial charge is 0.493 e. The molecule has 0 unspecified atom stereocenters. The molecule has 108 valence electrons. The fourth-order valence-electron chi connectivity index (χ4n) is 2.20. The Morgan fingerprint density at radius 3 is 3.24 bits per heavy atom. The quantitative estimate of drug-likeness (QED) is 0.883. The van der Waals surface area contributed by atoms with Gasteiger partial charge in [-0.25, -0.2) is 4.98 Å². The van der Waals surface area contributed by atoms with Crippen molar-refractivity contribution in [1.82, 2.24) is 10.3 Å². The molecule has 1 aliphatic heterocycles. The number of hydrogen-bond acceptors (Lipinski definition) is 4. The van der Waals surface area contributed by atoms with Crippen LogP contribution in [-0.4, -0.2) is 17.5 Å². The zero-order chi connectivity index (χ0) is 14.7. The van der Waals surface area contributed by atoms with E-state index in [0.717, 1.165) is 34.2 Å². The molecule has 2 heterocycles. The maximum atomic E-state index is 11.8. The molecule has 1 aliphatic rings. The van der Waals surface area contributed by atoms with Crippen molar-refractivity contribution < 1.29 is 9.53 Å². The Hall–Kier alpha value is -2.14. The van der Waals surface area contributed by atoms with E-state index < -0.39 is 0 Å². The minimum atomic E-state index is -0.0993. The van der Waals surface area contributed by atoms with Gasteiger partial charge in [-0.05, 0) is 36.3 Å². The number of thiazole rings is 1. The minimum Gasteiger partial charge on any atom is -0.493 e. The lowest BCUT2D eigenvalue weighted by molar-refractivity contribution is -0.116. The van der Waals surface area contributed by atoms with Gasteiger partial charge in [-0.3, -0.25) is 4.79 Å². The van der Waals surface area contributed by atoms with Crippen molar-refractivity contribution in [1.29, 1.82) is 0 Å². The Morgan fingerprint density at radius 2 is 2.43 bits per heavy atom. The van der Waals surface area contributed by atoms with Crippen LogP contribution in [0.5, 0.6) is 5.75 Å². The average Bonchev–Trinajstić information content (AvgIpc) is 3.10. The summed E-state index contributed by atoms with van der Waals surface area (Å²) in [4.78, 5) is 17.0. The van der Waals surface area contributed by atoms with Crippen molar-refractivity contribution in [2.75, 3.05) is 6.61 Å². The first-order valence-electron chi connectivity index (χ1n) is 6.84. The third kappa shape index (κ3) is 3.49. The number of ether oxygens (including phenoxy) is 1. The molecule has 0 aliphatic carbocycles. The zero-order valence-corrected chi connectivity index (χ0v) is 12.6. The van der Waals surface area contributed by atoms with Crippen molar-refractivity contribution in [2.24, 2.45) is 0 Å². The molecule has 4 nitrogen and oxygen atoms in total. The highest BCUT2D eigenvalue weighted by Gasteiger charge is 2.11. The van der Waals surface area contributed by atoms with E-state index in [9.17, 15) is 4.79 Å². The molecule has 0 fully saturated rings. The number of benzene rings is 1. The smallest absolute Gasteiger partial charge is 0.244 e. The van der Waals surface area contributed by atoms with E-state index in [0.29, 0.717) is 6.54 Å². The second-order valence-electron chi connectivity index (χ2n) is 4.86. The highest BCUT2D eigenvalue weighted by Crippen LogP contribution is 2.26. The summed E-state index contributed by atoms with van der Waals surface area (Å²) in [7, 11) is 0. The Morgan fingerprint density at radius 1 is 1.52 bits per heavy atom. The first kappa shape index (κ1) is 13.8. The van der Waals surface area contributed by atoms with Gasteiger partial charge in [-0.2, -0.15) is 0 Å². The van der Waals surface area contributed by atoms with Crippen LogP contribution in [0.15, 0.2) is 30.5 Å². The fourth-order valence-corrected chi connectivity index (χ4v) is 2.94. The molecule has 0 bridgehead atoms. The summed E-state index contributed by atoms with van der Waals surface area (Å²) in [5.41, 5.74) is 2.22. The lowest BCUT2D eigenvalue weighted by atomic mass is 10.1. The van der Waals surface area contributed by atoms with Crippen molar-refractivity contribution in [2.45, 2.75) is 19.9 Å². The molecule has 1 amide bonds.